The molecule has 3 aromatic rings. The summed E-state index contributed by atoms with van der Waals surface area (Å²) in [6.45, 7) is 3.84. The molecule has 1 aromatic heterocycles. The molecular formula is C22H27N3O4S2. The molecule has 0 unspecified atom stereocenters. The Labute approximate surface area is 187 Å². The molecule has 0 N–H and O–H groups in total. The maximum absolute atomic E-state index is 13.3. The fourth-order valence-electron chi connectivity index (χ4n) is 3.09. The van der Waals surface area contributed by atoms with Gasteiger partial charge in [0.05, 0.1) is 21.7 Å². The standard InChI is InChI=1S/C22H27N3O4S2/c1-5-29-17-9-12-19-20(15-17)30-22(23-19)25(14-6-13-24(2)3)21(26)16-7-10-18(11-8-16)31(4,27)28/h7-12,15H,5-6,13-14H2,1-4H3. The Hall–Kier alpha value is -2.49. The van der Waals surface area contributed by atoms with Crippen LogP contribution >= 0.6 is 11.3 Å². The number of hydrogen-bond donors (Lipinski definition) is 0. The number of nitrogens with zero attached hydrogens (tertiary/aromatic N) is 3. The van der Waals surface area contributed by atoms with E-state index in [0.29, 0.717) is 23.8 Å². The van der Waals surface area contributed by atoms with Crippen LogP contribution in [-0.4, -0.2) is 64.3 Å². The summed E-state index contributed by atoms with van der Waals surface area (Å²) >= 11 is 1.44. The summed E-state index contributed by atoms with van der Waals surface area (Å²) in [5.74, 6) is 0.565. The molecule has 0 aliphatic carbocycles. The summed E-state index contributed by atoms with van der Waals surface area (Å²) in [6.07, 6.45) is 1.93. The molecule has 0 radical (unpaired) electrons. The van der Waals surface area contributed by atoms with Crippen molar-refractivity contribution < 1.29 is 17.9 Å². The minimum atomic E-state index is -3.32. The minimum absolute atomic E-state index is 0.187. The lowest BCUT2D eigenvalue weighted by molar-refractivity contribution is 0.0986. The van der Waals surface area contributed by atoms with Crippen LogP contribution in [0.3, 0.4) is 0 Å². The molecule has 1 heterocycles. The molecule has 0 saturated heterocycles. The normalized spacial score (nSPS) is 11.8. The molecule has 166 valence electrons. The first-order valence-electron chi connectivity index (χ1n) is 9.99. The van der Waals surface area contributed by atoms with Gasteiger partial charge in [-0.2, -0.15) is 0 Å². The lowest BCUT2D eigenvalue weighted by Crippen LogP contribution is -2.33. The lowest BCUT2D eigenvalue weighted by atomic mass is 10.2. The van der Waals surface area contributed by atoms with Crippen molar-refractivity contribution in [2.75, 3.05) is 44.9 Å². The molecule has 0 atom stereocenters. The summed E-state index contributed by atoms with van der Waals surface area (Å²) < 4.78 is 30.0. The number of aromatic nitrogens is 1. The SMILES string of the molecule is CCOc1ccc2nc(N(CCCN(C)C)C(=O)c3ccc(S(C)(=O)=O)cc3)sc2c1. The highest BCUT2D eigenvalue weighted by atomic mass is 32.2. The van der Waals surface area contributed by atoms with Crippen LogP contribution in [-0.2, 0) is 9.84 Å². The largest absolute Gasteiger partial charge is 0.494 e. The number of rotatable bonds is 9. The number of carbonyl (C=O) groups is 1. The molecule has 7 nitrogen and oxygen atoms in total. The summed E-state index contributed by atoms with van der Waals surface area (Å²) in [5, 5.41) is 0.611. The molecule has 0 fully saturated rings. The van der Waals surface area contributed by atoms with Gasteiger partial charge in [-0.15, -0.1) is 0 Å². The van der Waals surface area contributed by atoms with Gasteiger partial charge in [-0.3, -0.25) is 9.69 Å². The van der Waals surface area contributed by atoms with Gasteiger partial charge in [0.2, 0.25) is 0 Å². The van der Waals surface area contributed by atoms with E-state index in [0.717, 1.165) is 35.2 Å². The van der Waals surface area contributed by atoms with Gasteiger partial charge in [-0.1, -0.05) is 11.3 Å². The molecule has 2 aromatic carbocycles. The van der Waals surface area contributed by atoms with Crippen LogP contribution in [0.1, 0.15) is 23.7 Å². The number of fused-ring (bicyclic) bond motifs is 1. The first-order valence-corrected chi connectivity index (χ1v) is 12.7. The van der Waals surface area contributed by atoms with Crippen LogP contribution in [0.4, 0.5) is 5.13 Å². The van der Waals surface area contributed by atoms with Crippen LogP contribution in [0.2, 0.25) is 0 Å². The minimum Gasteiger partial charge on any atom is -0.494 e. The Kier molecular flexibility index (Phi) is 7.30. The highest BCUT2D eigenvalue weighted by molar-refractivity contribution is 7.90. The molecular weight excluding hydrogens is 434 g/mol. The Morgan fingerprint density at radius 2 is 1.81 bits per heavy atom. The van der Waals surface area contributed by atoms with Crippen molar-refractivity contribution in [1.29, 1.82) is 0 Å². The van der Waals surface area contributed by atoms with Gasteiger partial charge >= 0.3 is 0 Å². The van der Waals surface area contributed by atoms with Gasteiger partial charge in [0.25, 0.3) is 5.91 Å². The molecule has 0 aliphatic heterocycles. The third-order valence-electron chi connectivity index (χ3n) is 4.65. The van der Waals surface area contributed by atoms with Crippen LogP contribution in [0.5, 0.6) is 5.75 Å². The van der Waals surface area contributed by atoms with E-state index >= 15 is 0 Å². The highest BCUT2D eigenvalue weighted by Gasteiger charge is 2.22. The van der Waals surface area contributed by atoms with Gasteiger partial charge in [-0.25, -0.2) is 13.4 Å². The summed E-state index contributed by atoms with van der Waals surface area (Å²) in [4.78, 5) is 21.9. The number of amides is 1. The molecule has 9 heteroatoms. The highest BCUT2D eigenvalue weighted by Crippen LogP contribution is 2.32. The van der Waals surface area contributed by atoms with Crippen molar-refractivity contribution in [3.63, 3.8) is 0 Å². The first kappa shape index (κ1) is 23.2. The third-order valence-corrected chi connectivity index (χ3v) is 6.82. The monoisotopic (exact) mass is 461 g/mol. The number of thiazole rings is 1. The average Bonchev–Trinajstić information content (AvgIpc) is 3.13. The molecule has 3 rings (SSSR count). The Morgan fingerprint density at radius 1 is 1.10 bits per heavy atom. The topological polar surface area (TPSA) is 79.8 Å². The maximum atomic E-state index is 13.3. The first-order chi connectivity index (χ1) is 14.7. The van der Waals surface area contributed by atoms with E-state index in [1.165, 1.54) is 23.5 Å². The fraction of sp³-hybridized carbons (Fsp3) is 0.364. The Balaban J connectivity index is 1.93. The zero-order valence-electron chi connectivity index (χ0n) is 18.2. The smallest absolute Gasteiger partial charge is 0.260 e. The van der Waals surface area contributed by atoms with Gasteiger partial charge in [0.1, 0.15) is 5.75 Å². The number of anilines is 1. The second-order valence-corrected chi connectivity index (χ2v) is 10.5. The van der Waals surface area contributed by atoms with E-state index in [1.54, 1.807) is 17.0 Å². The summed E-state index contributed by atoms with van der Waals surface area (Å²) in [7, 11) is 0.658. The van der Waals surface area contributed by atoms with Gasteiger partial charge in [-0.05, 0) is 76.4 Å². The molecule has 31 heavy (non-hydrogen) atoms. The van der Waals surface area contributed by atoms with Gasteiger partial charge in [0.15, 0.2) is 15.0 Å². The third kappa shape index (κ3) is 5.81. The maximum Gasteiger partial charge on any atom is 0.260 e. The van der Waals surface area contributed by atoms with Crippen LogP contribution < -0.4 is 9.64 Å². The van der Waals surface area contributed by atoms with Crippen LogP contribution in [0, 0.1) is 0 Å². The molecule has 1 amide bonds. The van der Waals surface area contributed by atoms with Crippen molar-refractivity contribution in [1.82, 2.24) is 9.88 Å². The van der Waals surface area contributed by atoms with E-state index in [1.807, 2.05) is 39.2 Å². The van der Waals surface area contributed by atoms with Crippen molar-refractivity contribution in [2.24, 2.45) is 0 Å². The predicted octanol–water partition coefficient (Wildman–Crippen LogP) is 3.70. The number of hydrogen-bond acceptors (Lipinski definition) is 7. The fourth-order valence-corrected chi connectivity index (χ4v) is 4.74. The van der Waals surface area contributed by atoms with Crippen LogP contribution in [0.25, 0.3) is 10.2 Å². The zero-order valence-corrected chi connectivity index (χ0v) is 19.8. The molecule has 0 saturated carbocycles. The van der Waals surface area contributed by atoms with E-state index < -0.39 is 9.84 Å². The number of ether oxygens (including phenoxy) is 1. The summed E-state index contributed by atoms with van der Waals surface area (Å²) in [6, 6.07) is 11.7. The van der Waals surface area contributed by atoms with Crippen molar-refractivity contribution in [3.05, 3.63) is 48.0 Å². The number of sulfone groups is 1. The van der Waals surface area contributed by atoms with E-state index in [2.05, 4.69) is 9.88 Å². The number of benzene rings is 2. The second-order valence-electron chi connectivity index (χ2n) is 7.47. The van der Waals surface area contributed by atoms with E-state index in [4.69, 9.17) is 4.74 Å². The van der Waals surface area contributed by atoms with Crippen molar-refractivity contribution in [3.8, 4) is 5.75 Å². The van der Waals surface area contributed by atoms with E-state index in [-0.39, 0.29) is 10.8 Å². The number of carbonyl (C=O) groups excluding carboxylic acids is 1. The van der Waals surface area contributed by atoms with E-state index in [9.17, 15) is 13.2 Å². The lowest BCUT2D eigenvalue weighted by Gasteiger charge is -2.21. The summed E-state index contributed by atoms with van der Waals surface area (Å²) in [5.41, 5.74) is 1.23. The predicted molar refractivity (Wildman–Crippen MR) is 125 cm³/mol. The van der Waals surface area contributed by atoms with Crippen LogP contribution in [0.15, 0.2) is 47.4 Å². The molecule has 0 bridgehead atoms. The molecule has 0 spiro atoms. The van der Waals surface area contributed by atoms with Gasteiger partial charge < -0.3 is 9.64 Å². The Bertz CT molecular complexity index is 1160. The zero-order chi connectivity index (χ0) is 22.6. The van der Waals surface area contributed by atoms with Crippen molar-refractivity contribution >= 4 is 42.4 Å². The molecule has 0 aliphatic rings. The average molecular weight is 462 g/mol. The second kappa shape index (κ2) is 9.76. The quantitative estimate of drug-likeness (QED) is 0.483. The van der Waals surface area contributed by atoms with Gasteiger partial charge in [0, 0.05) is 18.4 Å². The Morgan fingerprint density at radius 3 is 2.42 bits per heavy atom. The van der Waals surface area contributed by atoms with Crippen molar-refractivity contribution in [2.45, 2.75) is 18.2 Å².